The number of hydrogen-bond acceptors (Lipinski definition) is 3. The van der Waals surface area contributed by atoms with E-state index in [1.165, 1.54) is 6.07 Å². The van der Waals surface area contributed by atoms with E-state index in [1.54, 1.807) is 0 Å². The Bertz CT molecular complexity index is 676. The summed E-state index contributed by atoms with van der Waals surface area (Å²) in [6, 6.07) is 2.93. The number of amides is 1. The fourth-order valence-electron chi connectivity index (χ4n) is 1.41. The molecule has 1 aromatic heterocycles. The molecule has 0 unspecified atom stereocenters. The molecule has 1 aromatic carbocycles. The van der Waals surface area contributed by atoms with Gasteiger partial charge in [0.2, 0.25) is 0 Å². The number of nitrogens with one attached hydrogen (secondary N) is 1. The predicted octanol–water partition coefficient (Wildman–Crippen LogP) is 4.16. The second kappa shape index (κ2) is 5.98. The van der Waals surface area contributed by atoms with Crippen LogP contribution in [-0.2, 0) is 6.18 Å². The lowest BCUT2D eigenvalue weighted by molar-refractivity contribution is -0.137. The summed E-state index contributed by atoms with van der Waals surface area (Å²) in [6.45, 7) is 0. The number of carbonyl (C=O) groups is 1. The molecule has 0 spiro atoms. The molecule has 1 N–H and O–H groups in total. The Balaban J connectivity index is 2.26. The number of carbonyl (C=O) groups excluding carboxylic acids is 1. The molecule has 2 rings (SSSR count). The highest BCUT2D eigenvalue weighted by Gasteiger charge is 2.31. The summed E-state index contributed by atoms with van der Waals surface area (Å²) in [5.74, 6) is -0.695. The average molecular weight is 381 g/mol. The first-order chi connectivity index (χ1) is 9.77. The van der Waals surface area contributed by atoms with Crippen LogP contribution in [0.25, 0.3) is 0 Å². The van der Waals surface area contributed by atoms with Gasteiger partial charge in [-0.2, -0.15) is 13.2 Å². The van der Waals surface area contributed by atoms with Crippen LogP contribution in [0.2, 0.25) is 5.15 Å². The molecule has 0 bridgehead atoms. The van der Waals surface area contributed by atoms with Gasteiger partial charge in [-0.05, 0) is 34.1 Å². The Kier molecular flexibility index (Phi) is 4.48. The minimum Gasteiger partial charge on any atom is -0.320 e. The van der Waals surface area contributed by atoms with E-state index in [9.17, 15) is 18.0 Å². The molecule has 1 amide bonds. The molecule has 0 aliphatic heterocycles. The highest BCUT2D eigenvalue weighted by molar-refractivity contribution is 9.10. The standard InChI is InChI=1S/C12H6BrClF3N3O/c13-7-2-1-6(12(15,16)17)3-8(7)20-11(21)9-4-19-10(14)5-18-9/h1-5H,(H,20,21). The molecule has 0 fully saturated rings. The maximum absolute atomic E-state index is 12.6. The number of anilines is 1. The van der Waals surface area contributed by atoms with Gasteiger partial charge in [0.05, 0.1) is 23.6 Å². The van der Waals surface area contributed by atoms with Gasteiger partial charge < -0.3 is 5.32 Å². The summed E-state index contributed by atoms with van der Waals surface area (Å²) in [5, 5.41) is 2.43. The zero-order chi connectivity index (χ0) is 15.6. The maximum atomic E-state index is 12.6. The number of aromatic nitrogens is 2. The van der Waals surface area contributed by atoms with Crippen molar-refractivity contribution in [3.63, 3.8) is 0 Å². The first-order valence-corrected chi connectivity index (χ1v) is 6.60. The molecule has 0 radical (unpaired) electrons. The third-order valence-electron chi connectivity index (χ3n) is 2.39. The van der Waals surface area contributed by atoms with E-state index < -0.39 is 17.6 Å². The summed E-state index contributed by atoms with van der Waals surface area (Å²) in [7, 11) is 0. The third kappa shape index (κ3) is 3.92. The fourth-order valence-corrected chi connectivity index (χ4v) is 1.86. The number of nitrogens with zero attached hydrogens (tertiary/aromatic N) is 2. The third-order valence-corrected chi connectivity index (χ3v) is 3.28. The smallest absolute Gasteiger partial charge is 0.320 e. The lowest BCUT2D eigenvalue weighted by atomic mass is 10.2. The van der Waals surface area contributed by atoms with Crippen LogP contribution in [0.3, 0.4) is 0 Å². The van der Waals surface area contributed by atoms with E-state index in [0.29, 0.717) is 4.47 Å². The summed E-state index contributed by atoms with van der Waals surface area (Å²) in [6.07, 6.45) is -2.21. The Hall–Kier alpha value is -1.67. The van der Waals surface area contributed by atoms with E-state index in [4.69, 9.17) is 11.6 Å². The summed E-state index contributed by atoms with van der Waals surface area (Å²) < 4.78 is 38.2. The van der Waals surface area contributed by atoms with Crippen molar-refractivity contribution in [1.82, 2.24) is 9.97 Å². The molecule has 110 valence electrons. The van der Waals surface area contributed by atoms with Crippen molar-refractivity contribution in [2.75, 3.05) is 5.32 Å². The van der Waals surface area contributed by atoms with Gasteiger partial charge in [0.15, 0.2) is 0 Å². The van der Waals surface area contributed by atoms with Crippen molar-refractivity contribution >= 4 is 39.1 Å². The van der Waals surface area contributed by atoms with Crippen LogP contribution in [0.15, 0.2) is 35.1 Å². The van der Waals surface area contributed by atoms with E-state index in [-0.39, 0.29) is 16.5 Å². The first-order valence-electron chi connectivity index (χ1n) is 5.43. The highest BCUT2D eigenvalue weighted by Crippen LogP contribution is 2.34. The number of rotatable bonds is 2. The van der Waals surface area contributed by atoms with Crippen LogP contribution in [0, 0.1) is 0 Å². The van der Waals surface area contributed by atoms with Gasteiger partial charge >= 0.3 is 6.18 Å². The monoisotopic (exact) mass is 379 g/mol. The molecule has 1 heterocycles. The van der Waals surface area contributed by atoms with Crippen LogP contribution in [0.5, 0.6) is 0 Å². The van der Waals surface area contributed by atoms with Gasteiger partial charge in [-0.3, -0.25) is 4.79 Å². The minimum absolute atomic E-state index is 0.0217. The Morgan fingerprint density at radius 1 is 1.24 bits per heavy atom. The van der Waals surface area contributed by atoms with Gasteiger partial charge in [0.25, 0.3) is 5.91 Å². The normalized spacial score (nSPS) is 11.3. The van der Waals surface area contributed by atoms with Gasteiger partial charge in [-0.15, -0.1) is 0 Å². The zero-order valence-corrected chi connectivity index (χ0v) is 12.4. The van der Waals surface area contributed by atoms with Gasteiger partial charge in [0.1, 0.15) is 10.8 Å². The molecular weight excluding hydrogens is 375 g/mol. The molecule has 0 saturated heterocycles. The maximum Gasteiger partial charge on any atom is 0.416 e. The van der Waals surface area contributed by atoms with Crippen molar-refractivity contribution in [2.24, 2.45) is 0 Å². The van der Waals surface area contributed by atoms with Crippen molar-refractivity contribution in [3.05, 3.63) is 51.5 Å². The number of alkyl halides is 3. The summed E-state index contributed by atoms with van der Waals surface area (Å²) in [5.41, 5.74) is -0.960. The molecule has 2 aromatic rings. The average Bonchev–Trinajstić information content (AvgIpc) is 2.40. The Labute approximate surface area is 130 Å². The Morgan fingerprint density at radius 3 is 2.52 bits per heavy atom. The van der Waals surface area contributed by atoms with Gasteiger partial charge in [0, 0.05) is 4.47 Å². The van der Waals surface area contributed by atoms with Crippen LogP contribution >= 0.6 is 27.5 Å². The molecule has 0 atom stereocenters. The first kappa shape index (κ1) is 15.7. The van der Waals surface area contributed by atoms with E-state index in [1.807, 2.05) is 0 Å². The van der Waals surface area contributed by atoms with Crippen LogP contribution in [0.1, 0.15) is 16.1 Å². The Morgan fingerprint density at radius 2 is 1.95 bits per heavy atom. The van der Waals surface area contributed by atoms with Gasteiger partial charge in [-0.25, -0.2) is 9.97 Å². The van der Waals surface area contributed by atoms with Crippen molar-refractivity contribution in [2.45, 2.75) is 6.18 Å². The molecule has 0 aliphatic rings. The lowest BCUT2D eigenvalue weighted by Gasteiger charge is -2.11. The van der Waals surface area contributed by atoms with E-state index in [2.05, 4.69) is 31.2 Å². The SMILES string of the molecule is O=C(Nc1cc(C(F)(F)F)ccc1Br)c1cnc(Cl)cn1. The van der Waals surface area contributed by atoms with Crippen LogP contribution in [0.4, 0.5) is 18.9 Å². The number of hydrogen-bond donors (Lipinski definition) is 1. The largest absolute Gasteiger partial charge is 0.416 e. The number of halogens is 5. The topological polar surface area (TPSA) is 54.9 Å². The highest BCUT2D eigenvalue weighted by atomic mass is 79.9. The molecule has 9 heteroatoms. The van der Waals surface area contributed by atoms with E-state index in [0.717, 1.165) is 24.5 Å². The minimum atomic E-state index is -4.50. The molecule has 4 nitrogen and oxygen atoms in total. The summed E-state index contributed by atoms with van der Waals surface area (Å²) in [4.78, 5) is 19.3. The summed E-state index contributed by atoms with van der Waals surface area (Å²) >= 11 is 8.61. The fraction of sp³-hybridized carbons (Fsp3) is 0.0833. The molecular formula is C12H6BrClF3N3O. The zero-order valence-electron chi connectivity index (χ0n) is 10.1. The lowest BCUT2D eigenvalue weighted by Crippen LogP contribution is -2.15. The van der Waals surface area contributed by atoms with Crippen LogP contribution in [-0.4, -0.2) is 15.9 Å². The van der Waals surface area contributed by atoms with Crippen molar-refractivity contribution in [3.8, 4) is 0 Å². The molecule has 0 aliphatic carbocycles. The van der Waals surface area contributed by atoms with Crippen molar-refractivity contribution in [1.29, 1.82) is 0 Å². The number of benzene rings is 1. The molecule has 21 heavy (non-hydrogen) atoms. The predicted molar refractivity (Wildman–Crippen MR) is 74.1 cm³/mol. The van der Waals surface area contributed by atoms with E-state index >= 15 is 0 Å². The second-order valence-electron chi connectivity index (χ2n) is 3.87. The van der Waals surface area contributed by atoms with Gasteiger partial charge in [-0.1, -0.05) is 11.6 Å². The van der Waals surface area contributed by atoms with Crippen molar-refractivity contribution < 1.29 is 18.0 Å². The second-order valence-corrected chi connectivity index (χ2v) is 5.11. The molecule has 0 saturated carbocycles. The quantitative estimate of drug-likeness (QED) is 0.851. The van der Waals surface area contributed by atoms with Crippen LogP contribution < -0.4 is 5.32 Å².